The summed E-state index contributed by atoms with van der Waals surface area (Å²) in [5.74, 6) is -0.826. The van der Waals surface area contributed by atoms with Gasteiger partial charge in [-0.1, -0.05) is 36.4 Å². The van der Waals surface area contributed by atoms with Crippen LogP contribution in [0.2, 0.25) is 0 Å². The van der Waals surface area contributed by atoms with E-state index in [-0.39, 0.29) is 6.04 Å². The van der Waals surface area contributed by atoms with Crippen molar-refractivity contribution in [3.05, 3.63) is 41.5 Å². The second-order valence-electron chi connectivity index (χ2n) is 3.69. The molecule has 0 unspecified atom stereocenters. The molecule has 0 aliphatic heterocycles. The SMILES string of the molecule is C[C@@H](N[C@H]1C=Cc2ccccc21)C(=O)O. The van der Waals surface area contributed by atoms with Gasteiger partial charge in [-0.2, -0.15) is 0 Å². The molecule has 0 fully saturated rings. The van der Waals surface area contributed by atoms with E-state index in [0.717, 1.165) is 11.1 Å². The summed E-state index contributed by atoms with van der Waals surface area (Å²) in [5, 5.41) is 11.9. The van der Waals surface area contributed by atoms with Crippen LogP contribution in [0.3, 0.4) is 0 Å². The number of carboxylic acid groups (broad SMARTS) is 1. The Labute approximate surface area is 88.4 Å². The van der Waals surface area contributed by atoms with Gasteiger partial charge in [0, 0.05) is 0 Å². The smallest absolute Gasteiger partial charge is 0.320 e. The fourth-order valence-corrected chi connectivity index (χ4v) is 1.74. The van der Waals surface area contributed by atoms with Gasteiger partial charge in [0.05, 0.1) is 6.04 Å². The predicted octanol–water partition coefficient (Wildman–Crippen LogP) is 1.82. The van der Waals surface area contributed by atoms with Crippen LogP contribution in [0.5, 0.6) is 0 Å². The Bertz CT molecular complexity index is 412. The third-order valence-electron chi connectivity index (χ3n) is 2.60. The number of carbonyl (C=O) groups is 1. The average molecular weight is 203 g/mol. The standard InChI is InChI=1S/C12H13NO2/c1-8(12(14)15)13-11-7-6-9-4-2-3-5-10(9)11/h2-8,11,13H,1H3,(H,14,15)/t8-,11+/m1/s1. The quantitative estimate of drug-likeness (QED) is 0.787. The maximum Gasteiger partial charge on any atom is 0.320 e. The van der Waals surface area contributed by atoms with Crippen molar-refractivity contribution in [3.63, 3.8) is 0 Å². The van der Waals surface area contributed by atoms with E-state index in [2.05, 4.69) is 5.32 Å². The molecule has 0 amide bonds. The molecule has 2 atom stereocenters. The number of rotatable bonds is 3. The van der Waals surface area contributed by atoms with Crippen LogP contribution in [0.1, 0.15) is 24.1 Å². The summed E-state index contributed by atoms with van der Waals surface area (Å²) < 4.78 is 0. The molecular formula is C12H13NO2. The molecule has 78 valence electrons. The van der Waals surface area contributed by atoms with Crippen molar-refractivity contribution < 1.29 is 9.90 Å². The third-order valence-corrected chi connectivity index (χ3v) is 2.60. The zero-order valence-corrected chi connectivity index (χ0v) is 8.47. The van der Waals surface area contributed by atoms with E-state index in [0.29, 0.717) is 0 Å². The van der Waals surface area contributed by atoms with Gasteiger partial charge < -0.3 is 5.11 Å². The molecule has 0 bridgehead atoms. The highest BCUT2D eigenvalue weighted by atomic mass is 16.4. The van der Waals surface area contributed by atoms with Crippen LogP contribution in [0.4, 0.5) is 0 Å². The topological polar surface area (TPSA) is 49.3 Å². The zero-order valence-electron chi connectivity index (χ0n) is 8.47. The number of aliphatic carboxylic acids is 1. The van der Waals surface area contributed by atoms with Gasteiger partial charge in [-0.3, -0.25) is 10.1 Å². The van der Waals surface area contributed by atoms with E-state index in [9.17, 15) is 4.79 Å². The van der Waals surface area contributed by atoms with Gasteiger partial charge in [0.2, 0.25) is 0 Å². The van der Waals surface area contributed by atoms with Crippen LogP contribution in [0.15, 0.2) is 30.3 Å². The summed E-state index contributed by atoms with van der Waals surface area (Å²) in [6.07, 6.45) is 4.01. The minimum atomic E-state index is -0.826. The van der Waals surface area contributed by atoms with E-state index < -0.39 is 12.0 Å². The first-order valence-corrected chi connectivity index (χ1v) is 4.94. The highest BCUT2D eigenvalue weighted by Gasteiger charge is 2.20. The van der Waals surface area contributed by atoms with Gasteiger partial charge in [0.25, 0.3) is 0 Å². The lowest BCUT2D eigenvalue weighted by Crippen LogP contribution is -2.35. The molecule has 0 heterocycles. The van der Waals surface area contributed by atoms with E-state index in [1.54, 1.807) is 6.92 Å². The maximum atomic E-state index is 10.7. The number of hydrogen-bond acceptors (Lipinski definition) is 2. The van der Waals surface area contributed by atoms with Crippen molar-refractivity contribution in [3.8, 4) is 0 Å². The molecule has 3 heteroatoms. The molecule has 1 aliphatic carbocycles. The van der Waals surface area contributed by atoms with Crippen LogP contribution < -0.4 is 5.32 Å². The molecule has 0 radical (unpaired) electrons. The number of benzene rings is 1. The second-order valence-corrected chi connectivity index (χ2v) is 3.69. The first-order chi connectivity index (χ1) is 7.18. The number of hydrogen-bond donors (Lipinski definition) is 2. The molecule has 0 saturated carbocycles. The van der Waals surface area contributed by atoms with Crippen molar-refractivity contribution in [2.45, 2.75) is 19.0 Å². The third kappa shape index (κ3) is 1.92. The van der Waals surface area contributed by atoms with Gasteiger partial charge in [-0.25, -0.2) is 0 Å². The summed E-state index contributed by atoms with van der Waals surface area (Å²) >= 11 is 0. The highest BCUT2D eigenvalue weighted by Crippen LogP contribution is 2.27. The lowest BCUT2D eigenvalue weighted by Gasteiger charge is -2.16. The van der Waals surface area contributed by atoms with Crippen LogP contribution in [-0.2, 0) is 4.79 Å². The Hall–Kier alpha value is -1.61. The zero-order chi connectivity index (χ0) is 10.8. The predicted molar refractivity (Wildman–Crippen MR) is 58.5 cm³/mol. The Morgan fingerprint density at radius 2 is 2.20 bits per heavy atom. The Balaban J connectivity index is 2.15. The van der Waals surface area contributed by atoms with Gasteiger partial charge >= 0.3 is 5.97 Å². The van der Waals surface area contributed by atoms with E-state index in [4.69, 9.17) is 5.11 Å². The molecule has 2 N–H and O–H groups in total. The number of fused-ring (bicyclic) bond motifs is 1. The minimum absolute atomic E-state index is 0.0206. The fourth-order valence-electron chi connectivity index (χ4n) is 1.74. The van der Waals surface area contributed by atoms with Gasteiger partial charge in [-0.15, -0.1) is 0 Å². The van der Waals surface area contributed by atoms with Gasteiger partial charge in [0.15, 0.2) is 0 Å². The molecule has 15 heavy (non-hydrogen) atoms. The Kier molecular flexibility index (Phi) is 2.56. The number of carboxylic acids is 1. The molecule has 3 nitrogen and oxygen atoms in total. The van der Waals surface area contributed by atoms with Crippen molar-refractivity contribution in [2.24, 2.45) is 0 Å². The lowest BCUT2D eigenvalue weighted by molar-refractivity contribution is -0.139. The molecule has 0 spiro atoms. The lowest BCUT2D eigenvalue weighted by atomic mass is 10.1. The summed E-state index contributed by atoms with van der Waals surface area (Å²) in [4.78, 5) is 10.7. The van der Waals surface area contributed by atoms with Crippen molar-refractivity contribution >= 4 is 12.0 Å². The Morgan fingerprint density at radius 3 is 2.93 bits per heavy atom. The summed E-state index contributed by atoms with van der Waals surface area (Å²) in [6.45, 7) is 1.65. The number of nitrogens with one attached hydrogen (secondary N) is 1. The Morgan fingerprint density at radius 1 is 1.47 bits per heavy atom. The van der Waals surface area contributed by atoms with Crippen molar-refractivity contribution in [2.75, 3.05) is 0 Å². The maximum absolute atomic E-state index is 10.7. The second kappa shape index (κ2) is 3.87. The van der Waals surface area contributed by atoms with Crippen LogP contribution >= 0.6 is 0 Å². The molecule has 1 aromatic rings. The molecule has 0 aromatic heterocycles. The van der Waals surface area contributed by atoms with Crippen molar-refractivity contribution in [1.82, 2.24) is 5.32 Å². The first-order valence-electron chi connectivity index (χ1n) is 4.94. The summed E-state index contributed by atoms with van der Waals surface area (Å²) in [6, 6.07) is 7.47. The van der Waals surface area contributed by atoms with Crippen LogP contribution in [-0.4, -0.2) is 17.1 Å². The highest BCUT2D eigenvalue weighted by molar-refractivity contribution is 5.73. The minimum Gasteiger partial charge on any atom is -0.480 e. The average Bonchev–Trinajstić information content (AvgIpc) is 2.62. The molecule has 2 rings (SSSR count). The normalized spacial score (nSPS) is 19.9. The monoisotopic (exact) mass is 203 g/mol. The molecule has 1 aromatic carbocycles. The summed E-state index contributed by atoms with van der Waals surface area (Å²) in [5.41, 5.74) is 2.30. The molecular weight excluding hydrogens is 190 g/mol. The first kappa shape index (κ1) is 9.93. The molecule has 0 saturated heterocycles. The van der Waals surface area contributed by atoms with Crippen LogP contribution in [0.25, 0.3) is 6.08 Å². The van der Waals surface area contributed by atoms with Crippen LogP contribution in [0, 0.1) is 0 Å². The van der Waals surface area contributed by atoms with E-state index >= 15 is 0 Å². The van der Waals surface area contributed by atoms with Gasteiger partial charge in [-0.05, 0) is 18.1 Å². The fraction of sp³-hybridized carbons (Fsp3) is 0.250. The van der Waals surface area contributed by atoms with E-state index in [1.165, 1.54) is 0 Å². The van der Waals surface area contributed by atoms with Gasteiger partial charge in [0.1, 0.15) is 6.04 Å². The van der Waals surface area contributed by atoms with Crippen molar-refractivity contribution in [1.29, 1.82) is 0 Å². The molecule has 1 aliphatic rings. The largest absolute Gasteiger partial charge is 0.480 e. The van der Waals surface area contributed by atoms with E-state index in [1.807, 2.05) is 36.4 Å². The summed E-state index contributed by atoms with van der Waals surface area (Å²) in [7, 11) is 0.